The van der Waals surface area contributed by atoms with Gasteiger partial charge in [0.1, 0.15) is 13.2 Å². The minimum Gasteiger partial charge on any atom is -0.462 e. The molecule has 65 heavy (non-hydrogen) atoms. The fourth-order valence-corrected chi connectivity index (χ4v) is 6.64. The summed E-state index contributed by atoms with van der Waals surface area (Å²) in [4.78, 5) is 38.0. The van der Waals surface area contributed by atoms with Crippen LogP contribution in [0.2, 0.25) is 0 Å². The summed E-state index contributed by atoms with van der Waals surface area (Å²) >= 11 is 0. The largest absolute Gasteiger partial charge is 0.462 e. The molecular formula is C59H94O6. The molecule has 366 valence electrons. The standard InChI is InChI=1S/C59H94O6/c1-4-7-10-13-16-19-22-25-27-29-30-31-33-34-37-40-43-46-49-52-58(61)64-55-56(54-63-57(60)51-48-45-42-39-36-24-21-18-15-12-9-6-3)65-59(62)53-50-47-44-41-38-35-32-28-26-23-20-17-14-11-8-5-2/h7-12,16-21,25-28,30-31,36,39,56H,4-6,13-15,22-24,29,32-35,37-38,40-55H2,1-3H3/b10-7-,11-8-,12-9-,19-16-,20-17-,21-18-,27-25-,28-26-,31-30-,39-36-. The van der Waals surface area contributed by atoms with E-state index >= 15 is 0 Å². The molecule has 0 rings (SSSR count). The Hall–Kier alpha value is -4.19. The van der Waals surface area contributed by atoms with Gasteiger partial charge in [0.2, 0.25) is 0 Å². The lowest BCUT2D eigenvalue weighted by molar-refractivity contribution is -0.167. The molecule has 1 atom stereocenters. The number of carbonyl (C=O) groups excluding carboxylic acids is 3. The molecule has 1 unspecified atom stereocenters. The van der Waals surface area contributed by atoms with Gasteiger partial charge in [0.15, 0.2) is 6.10 Å². The van der Waals surface area contributed by atoms with E-state index < -0.39 is 6.10 Å². The van der Waals surface area contributed by atoms with Gasteiger partial charge in [-0.15, -0.1) is 0 Å². The third-order valence-corrected chi connectivity index (χ3v) is 10.4. The molecule has 0 bridgehead atoms. The van der Waals surface area contributed by atoms with Crippen molar-refractivity contribution in [2.45, 2.75) is 219 Å². The van der Waals surface area contributed by atoms with Crippen molar-refractivity contribution in [2.75, 3.05) is 13.2 Å². The predicted molar refractivity (Wildman–Crippen MR) is 279 cm³/mol. The van der Waals surface area contributed by atoms with Crippen LogP contribution >= 0.6 is 0 Å². The molecule has 0 heterocycles. The highest BCUT2D eigenvalue weighted by Gasteiger charge is 2.19. The zero-order valence-corrected chi connectivity index (χ0v) is 41.7. The Kier molecular flexibility index (Phi) is 49.1. The molecule has 6 nitrogen and oxygen atoms in total. The van der Waals surface area contributed by atoms with Gasteiger partial charge in [-0.2, -0.15) is 0 Å². The minimum absolute atomic E-state index is 0.107. The van der Waals surface area contributed by atoms with Crippen molar-refractivity contribution >= 4 is 17.9 Å². The average molecular weight is 899 g/mol. The van der Waals surface area contributed by atoms with Crippen LogP contribution in [0.1, 0.15) is 213 Å². The fraction of sp³-hybridized carbons (Fsp3) is 0.610. The Morgan fingerprint density at radius 1 is 0.308 bits per heavy atom. The fourth-order valence-electron chi connectivity index (χ4n) is 6.64. The van der Waals surface area contributed by atoms with E-state index in [9.17, 15) is 14.4 Å². The molecule has 0 aliphatic carbocycles. The molecule has 0 amide bonds. The SMILES string of the molecule is CC/C=C\C/C=C\C/C=C\C/C=C\CCCCCCCCC(=O)OCC(COC(=O)CCCC/C=C\C/C=C\C/C=C\CC)OC(=O)CCCCCCCC/C=C\C/C=C\C/C=C\CC. The van der Waals surface area contributed by atoms with Gasteiger partial charge in [0, 0.05) is 19.3 Å². The van der Waals surface area contributed by atoms with Crippen LogP contribution in [0.4, 0.5) is 0 Å². The highest BCUT2D eigenvalue weighted by atomic mass is 16.6. The zero-order chi connectivity index (χ0) is 47.2. The maximum absolute atomic E-state index is 12.8. The Balaban J connectivity index is 4.47. The van der Waals surface area contributed by atoms with Gasteiger partial charge in [-0.05, 0) is 122 Å². The van der Waals surface area contributed by atoms with E-state index in [2.05, 4.69) is 142 Å². The molecule has 0 saturated carbocycles. The van der Waals surface area contributed by atoms with E-state index in [0.717, 1.165) is 148 Å². The van der Waals surface area contributed by atoms with E-state index in [-0.39, 0.29) is 31.1 Å². The lowest BCUT2D eigenvalue weighted by atomic mass is 10.1. The first-order valence-electron chi connectivity index (χ1n) is 26.0. The molecular weight excluding hydrogens is 805 g/mol. The first-order chi connectivity index (χ1) is 32.0. The van der Waals surface area contributed by atoms with Crippen molar-refractivity contribution in [3.05, 3.63) is 122 Å². The molecule has 0 saturated heterocycles. The van der Waals surface area contributed by atoms with Crippen LogP contribution in [0.15, 0.2) is 122 Å². The third-order valence-electron chi connectivity index (χ3n) is 10.4. The monoisotopic (exact) mass is 899 g/mol. The molecule has 0 aromatic heterocycles. The topological polar surface area (TPSA) is 78.9 Å². The number of rotatable bonds is 45. The average Bonchev–Trinajstić information content (AvgIpc) is 3.30. The Labute approximate surface area is 399 Å². The predicted octanol–water partition coefficient (Wildman–Crippen LogP) is 17.3. The Bertz CT molecular complexity index is 1400. The summed E-state index contributed by atoms with van der Waals surface area (Å²) in [5.41, 5.74) is 0. The first-order valence-corrected chi connectivity index (χ1v) is 26.0. The van der Waals surface area contributed by atoms with Crippen molar-refractivity contribution in [3.63, 3.8) is 0 Å². The maximum Gasteiger partial charge on any atom is 0.306 e. The van der Waals surface area contributed by atoms with Crippen LogP contribution in [0.25, 0.3) is 0 Å². The maximum atomic E-state index is 12.8. The van der Waals surface area contributed by atoms with Gasteiger partial charge < -0.3 is 14.2 Å². The number of esters is 3. The quantitative estimate of drug-likeness (QED) is 0.0262. The lowest BCUT2D eigenvalue weighted by Gasteiger charge is -2.18. The summed E-state index contributed by atoms with van der Waals surface area (Å²) in [6, 6.07) is 0. The molecule has 6 heteroatoms. The van der Waals surface area contributed by atoms with E-state index in [1.807, 2.05) is 0 Å². The van der Waals surface area contributed by atoms with Gasteiger partial charge in [-0.25, -0.2) is 0 Å². The second-order valence-electron chi connectivity index (χ2n) is 16.6. The highest BCUT2D eigenvalue weighted by molar-refractivity contribution is 5.71. The Morgan fingerprint density at radius 3 is 0.892 bits per heavy atom. The van der Waals surface area contributed by atoms with Crippen LogP contribution in [-0.2, 0) is 28.6 Å². The molecule has 0 spiro atoms. The van der Waals surface area contributed by atoms with Gasteiger partial charge in [-0.3, -0.25) is 14.4 Å². The van der Waals surface area contributed by atoms with Gasteiger partial charge >= 0.3 is 17.9 Å². The van der Waals surface area contributed by atoms with Crippen molar-refractivity contribution in [1.82, 2.24) is 0 Å². The van der Waals surface area contributed by atoms with Crippen LogP contribution in [-0.4, -0.2) is 37.2 Å². The van der Waals surface area contributed by atoms with Crippen molar-refractivity contribution in [3.8, 4) is 0 Å². The van der Waals surface area contributed by atoms with Crippen LogP contribution in [0.5, 0.6) is 0 Å². The van der Waals surface area contributed by atoms with Gasteiger partial charge in [0.05, 0.1) is 0 Å². The first kappa shape index (κ1) is 60.8. The summed E-state index contributed by atoms with van der Waals surface area (Å²) in [5, 5.41) is 0. The second kappa shape index (κ2) is 52.4. The number of hydrogen-bond donors (Lipinski definition) is 0. The minimum atomic E-state index is -0.810. The molecule has 0 aromatic carbocycles. The zero-order valence-electron chi connectivity index (χ0n) is 41.7. The smallest absolute Gasteiger partial charge is 0.306 e. The van der Waals surface area contributed by atoms with Crippen LogP contribution < -0.4 is 0 Å². The summed E-state index contributed by atoms with van der Waals surface area (Å²) in [5.74, 6) is -0.981. The number of hydrogen-bond acceptors (Lipinski definition) is 6. The summed E-state index contributed by atoms with van der Waals surface area (Å²) < 4.78 is 16.7. The number of ether oxygens (including phenoxy) is 3. The molecule has 0 aliphatic heterocycles. The van der Waals surface area contributed by atoms with E-state index in [1.165, 1.54) is 25.7 Å². The number of unbranched alkanes of at least 4 members (excludes halogenated alkanes) is 14. The lowest BCUT2D eigenvalue weighted by Crippen LogP contribution is -2.30. The van der Waals surface area contributed by atoms with Crippen molar-refractivity contribution in [1.29, 1.82) is 0 Å². The molecule has 0 radical (unpaired) electrons. The summed E-state index contributed by atoms with van der Waals surface area (Å²) in [6.07, 6.45) is 71.8. The molecule has 0 N–H and O–H groups in total. The Morgan fingerprint density at radius 2 is 0.554 bits per heavy atom. The molecule has 0 aliphatic rings. The van der Waals surface area contributed by atoms with Crippen molar-refractivity contribution < 1.29 is 28.6 Å². The number of carbonyl (C=O) groups is 3. The second-order valence-corrected chi connectivity index (χ2v) is 16.6. The molecule has 0 fully saturated rings. The highest BCUT2D eigenvalue weighted by Crippen LogP contribution is 2.13. The van der Waals surface area contributed by atoms with Gasteiger partial charge in [-0.1, -0.05) is 194 Å². The summed E-state index contributed by atoms with van der Waals surface area (Å²) in [6.45, 7) is 6.22. The third kappa shape index (κ3) is 50.7. The number of allylic oxidation sites excluding steroid dienone is 20. The van der Waals surface area contributed by atoms with E-state index in [1.54, 1.807) is 0 Å². The van der Waals surface area contributed by atoms with E-state index in [0.29, 0.717) is 19.3 Å². The summed E-state index contributed by atoms with van der Waals surface area (Å²) in [7, 11) is 0. The van der Waals surface area contributed by atoms with Crippen LogP contribution in [0, 0.1) is 0 Å². The van der Waals surface area contributed by atoms with Crippen molar-refractivity contribution in [2.24, 2.45) is 0 Å². The normalized spacial score (nSPS) is 13.1. The van der Waals surface area contributed by atoms with E-state index in [4.69, 9.17) is 14.2 Å². The molecule has 0 aromatic rings. The van der Waals surface area contributed by atoms with Crippen LogP contribution in [0.3, 0.4) is 0 Å². The van der Waals surface area contributed by atoms with Gasteiger partial charge in [0.25, 0.3) is 0 Å².